The normalized spacial score (nSPS) is 11.4. The highest BCUT2D eigenvalue weighted by Crippen LogP contribution is 2.53. The van der Waals surface area contributed by atoms with Gasteiger partial charge in [-0.2, -0.15) is 10.5 Å². The highest BCUT2D eigenvalue weighted by atomic mass is 32.2. The lowest BCUT2D eigenvalue weighted by atomic mass is 9.87. The van der Waals surface area contributed by atoms with Crippen LogP contribution < -0.4 is 15.2 Å². The average Bonchev–Trinajstić information content (AvgIpc) is 2.91. The van der Waals surface area contributed by atoms with E-state index in [-0.39, 0.29) is 16.5 Å². The summed E-state index contributed by atoms with van der Waals surface area (Å²) in [5.74, 6) is 1.67. The predicted molar refractivity (Wildman–Crippen MR) is 170 cm³/mol. The van der Waals surface area contributed by atoms with Gasteiger partial charge in [0.05, 0.1) is 23.0 Å². The minimum absolute atomic E-state index is 0.0278. The zero-order valence-electron chi connectivity index (χ0n) is 25.2. The van der Waals surface area contributed by atoms with Crippen LogP contribution in [0, 0.1) is 34.5 Å². The van der Waals surface area contributed by atoms with Gasteiger partial charge in [0.2, 0.25) is 0 Å². The molecule has 216 valence electrons. The summed E-state index contributed by atoms with van der Waals surface area (Å²) < 4.78 is 12.7. The Balaban J connectivity index is 2.29. The Morgan fingerprint density at radius 3 is 1.68 bits per heavy atom. The van der Waals surface area contributed by atoms with Crippen molar-refractivity contribution < 1.29 is 9.47 Å². The molecule has 0 spiro atoms. The Morgan fingerprint density at radius 1 is 0.756 bits per heavy atom. The smallest absolute Gasteiger partial charge is 0.153 e. The van der Waals surface area contributed by atoms with Crippen LogP contribution in [0.25, 0.3) is 0 Å². The number of rotatable bonds is 12. The summed E-state index contributed by atoms with van der Waals surface area (Å²) in [6, 6.07) is 20.6. The number of para-hydroxylation sites is 1. The van der Waals surface area contributed by atoms with Gasteiger partial charge in [-0.3, -0.25) is 0 Å². The van der Waals surface area contributed by atoms with Gasteiger partial charge >= 0.3 is 0 Å². The van der Waals surface area contributed by atoms with Crippen LogP contribution in [0.1, 0.15) is 78.0 Å². The minimum atomic E-state index is 0.0278. The van der Waals surface area contributed by atoms with Crippen LogP contribution >= 0.6 is 23.5 Å². The second kappa shape index (κ2) is 14.6. The van der Waals surface area contributed by atoms with Crippen LogP contribution in [0.5, 0.6) is 11.5 Å². The third-order valence-electron chi connectivity index (χ3n) is 6.50. The monoisotopic (exact) mass is 587 g/mol. The lowest BCUT2D eigenvalue weighted by Crippen LogP contribution is -2.10. The second-order valence-corrected chi connectivity index (χ2v) is 14.0. The van der Waals surface area contributed by atoms with Crippen LogP contribution in [0.4, 0.5) is 5.69 Å². The standard InChI is InChI=1S/C34H41N3O2S2/c1-22(2)16-18-38-30-26(20-35)27(21-36)31(39-19-17-23(3)4)33(41-29-11-9-8-10-28(29)37)32(30)40-25-14-12-24(13-15-25)34(5,6)7/h8-15,22-23H,16-19,37H2,1-7H3. The van der Waals surface area contributed by atoms with Gasteiger partial charge in [-0.05, 0) is 59.9 Å². The van der Waals surface area contributed by atoms with Crippen molar-refractivity contribution in [3.8, 4) is 23.6 Å². The van der Waals surface area contributed by atoms with Crippen LogP contribution in [-0.4, -0.2) is 13.2 Å². The summed E-state index contributed by atoms with van der Waals surface area (Å²) in [6.07, 6.45) is 1.63. The van der Waals surface area contributed by atoms with Gasteiger partial charge in [-0.15, -0.1) is 0 Å². The highest BCUT2D eigenvalue weighted by Gasteiger charge is 2.29. The molecular weight excluding hydrogens is 547 g/mol. The van der Waals surface area contributed by atoms with Crippen molar-refractivity contribution in [2.24, 2.45) is 11.8 Å². The number of nitrogen functional groups attached to an aromatic ring is 1. The summed E-state index contributed by atoms with van der Waals surface area (Å²) >= 11 is 2.96. The molecule has 0 aromatic heterocycles. The lowest BCUT2D eigenvalue weighted by molar-refractivity contribution is 0.269. The molecule has 0 unspecified atom stereocenters. The Morgan fingerprint density at radius 2 is 1.24 bits per heavy atom. The van der Waals surface area contributed by atoms with E-state index in [9.17, 15) is 10.5 Å². The Hall–Kier alpha value is -3.26. The fraction of sp³-hybridized carbons (Fsp3) is 0.412. The molecule has 0 saturated carbocycles. The molecular formula is C34H41N3O2S2. The maximum absolute atomic E-state index is 10.3. The van der Waals surface area contributed by atoms with Crippen LogP contribution in [0.2, 0.25) is 0 Å². The minimum Gasteiger partial charge on any atom is -0.491 e. The Bertz CT molecular complexity index is 1410. The van der Waals surface area contributed by atoms with Crippen molar-refractivity contribution in [1.82, 2.24) is 0 Å². The number of nitrogens with zero attached hydrogens (tertiary/aromatic N) is 2. The maximum Gasteiger partial charge on any atom is 0.153 e. The quantitative estimate of drug-likeness (QED) is 0.211. The van der Waals surface area contributed by atoms with Gasteiger partial charge in [0.25, 0.3) is 0 Å². The Labute approximate surface area is 254 Å². The van der Waals surface area contributed by atoms with E-state index in [1.165, 1.54) is 29.1 Å². The number of ether oxygens (including phenoxy) is 2. The van der Waals surface area contributed by atoms with E-state index in [4.69, 9.17) is 15.2 Å². The van der Waals surface area contributed by atoms with Gasteiger partial charge in [0.15, 0.2) is 11.5 Å². The molecule has 0 aliphatic rings. The molecule has 3 rings (SSSR count). The van der Waals surface area contributed by atoms with Crippen molar-refractivity contribution in [1.29, 1.82) is 10.5 Å². The molecule has 41 heavy (non-hydrogen) atoms. The predicted octanol–water partition coefficient (Wildman–Crippen LogP) is 9.46. The van der Waals surface area contributed by atoms with E-state index in [0.717, 1.165) is 32.4 Å². The first kappa shape index (κ1) is 32.3. The van der Waals surface area contributed by atoms with E-state index >= 15 is 0 Å². The van der Waals surface area contributed by atoms with Crippen LogP contribution in [0.3, 0.4) is 0 Å². The molecule has 0 radical (unpaired) electrons. The first-order chi connectivity index (χ1) is 19.5. The number of nitrogens with two attached hydrogens (primary N) is 1. The van der Waals surface area contributed by atoms with E-state index < -0.39 is 0 Å². The summed E-state index contributed by atoms with van der Waals surface area (Å²) in [4.78, 5) is 3.32. The molecule has 0 saturated heterocycles. The van der Waals surface area contributed by atoms with Crippen molar-refractivity contribution in [3.63, 3.8) is 0 Å². The number of benzene rings is 3. The highest BCUT2D eigenvalue weighted by molar-refractivity contribution is 8.02. The Kier molecular flexibility index (Phi) is 11.5. The van der Waals surface area contributed by atoms with E-state index in [0.29, 0.717) is 42.2 Å². The number of anilines is 1. The second-order valence-electron chi connectivity index (χ2n) is 11.9. The molecule has 0 amide bonds. The maximum atomic E-state index is 10.3. The number of hydrogen-bond donors (Lipinski definition) is 1. The molecule has 0 fully saturated rings. The summed E-state index contributed by atoms with van der Waals surface area (Å²) in [7, 11) is 0. The molecule has 3 aromatic rings. The molecule has 2 N–H and O–H groups in total. The van der Waals surface area contributed by atoms with E-state index in [2.05, 4.69) is 84.9 Å². The van der Waals surface area contributed by atoms with E-state index in [1.807, 2.05) is 24.3 Å². The molecule has 7 heteroatoms. The van der Waals surface area contributed by atoms with Crippen molar-refractivity contribution in [2.45, 2.75) is 86.3 Å². The first-order valence-corrected chi connectivity index (χ1v) is 15.7. The SMILES string of the molecule is CC(C)CCOc1c(C#N)c(C#N)c(OCCC(C)C)c(Sc2ccccc2N)c1Sc1ccc(C(C)(C)C)cc1. The van der Waals surface area contributed by atoms with E-state index in [1.54, 1.807) is 0 Å². The van der Waals surface area contributed by atoms with Crippen molar-refractivity contribution in [3.05, 3.63) is 65.2 Å². The van der Waals surface area contributed by atoms with Gasteiger partial charge in [-0.1, -0.05) is 96.3 Å². The summed E-state index contributed by atoms with van der Waals surface area (Å²) in [5, 5.41) is 20.7. The number of nitriles is 2. The number of hydrogen-bond acceptors (Lipinski definition) is 7. The molecule has 0 aliphatic carbocycles. The average molecular weight is 588 g/mol. The fourth-order valence-electron chi connectivity index (χ4n) is 3.95. The van der Waals surface area contributed by atoms with Gasteiger partial charge < -0.3 is 15.2 Å². The van der Waals surface area contributed by atoms with Crippen LogP contribution in [0.15, 0.2) is 68.1 Å². The molecule has 0 heterocycles. The topological polar surface area (TPSA) is 92.1 Å². The van der Waals surface area contributed by atoms with Gasteiger partial charge in [-0.25, -0.2) is 0 Å². The van der Waals surface area contributed by atoms with Crippen molar-refractivity contribution in [2.75, 3.05) is 18.9 Å². The van der Waals surface area contributed by atoms with Gasteiger partial charge in [0.1, 0.15) is 23.3 Å². The van der Waals surface area contributed by atoms with Crippen LogP contribution in [-0.2, 0) is 5.41 Å². The fourth-order valence-corrected chi connectivity index (χ4v) is 6.14. The summed E-state index contributed by atoms with van der Waals surface area (Å²) in [5.41, 5.74) is 8.67. The largest absolute Gasteiger partial charge is 0.491 e. The molecule has 3 aromatic carbocycles. The lowest BCUT2D eigenvalue weighted by Gasteiger charge is -2.23. The zero-order chi connectivity index (χ0) is 30.2. The molecule has 0 aliphatic heterocycles. The first-order valence-electron chi connectivity index (χ1n) is 14.1. The third-order valence-corrected chi connectivity index (χ3v) is 8.92. The molecule has 0 atom stereocenters. The third kappa shape index (κ3) is 8.62. The van der Waals surface area contributed by atoms with Gasteiger partial charge in [0, 0.05) is 15.5 Å². The zero-order valence-corrected chi connectivity index (χ0v) is 26.8. The molecule has 0 bridgehead atoms. The molecule has 5 nitrogen and oxygen atoms in total. The van der Waals surface area contributed by atoms with Crippen molar-refractivity contribution >= 4 is 29.2 Å². The summed E-state index contributed by atoms with van der Waals surface area (Å²) in [6.45, 7) is 15.9.